The van der Waals surface area contributed by atoms with Crippen molar-refractivity contribution in [2.45, 2.75) is 27.7 Å². The Labute approximate surface area is 142 Å². The second-order valence-corrected chi connectivity index (χ2v) is 5.12. The van der Waals surface area contributed by atoms with E-state index in [1.165, 1.54) is 19.2 Å². The van der Waals surface area contributed by atoms with Crippen LogP contribution in [0.15, 0.2) is 18.3 Å². The maximum absolute atomic E-state index is 12.8. The maximum Gasteiger partial charge on any atom is 0.316 e. The fraction of sp³-hybridized carbons (Fsp3) is 0.267. The van der Waals surface area contributed by atoms with E-state index in [9.17, 15) is 24.0 Å². The van der Waals surface area contributed by atoms with Gasteiger partial charge in [-0.1, -0.05) is 0 Å². The molecule has 0 spiro atoms. The number of imide groups is 2. The first-order chi connectivity index (χ1) is 11.7. The van der Waals surface area contributed by atoms with Gasteiger partial charge in [0, 0.05) is 33.9 Å². The smallest absolute Gasteiger partial charge is 0.274 e. The molecular formula is C15H15N5O5. The van der Waals surface area contributed by atoms with Crippen LogP contribution in [0.4, 0.5) is 0 Å². The third kappa shape index (κ3) is 3.13. The highest BCUT2D eigenvalue weighted by atomic mass is 16.2. The Morgan fingerprint density at radius 2 is 1.48 bits per heavy atom. The van der Waals surface area contributed by atoms with Gasteiger partial charge in [-0.15, -0.1) is 0 Å². The number of carbonyl (C=O) groups excluding carboxylic acids is 5. The summed E-state index contributed by atoms with van der Waals surface area (Å²) < 4.78 is 0.923. The van der Waals surface area contributed by atoms with Gasteiger partial charge in [0.25, 0.3) is 0 Å². The van der Waals surface area contributed by atoms with E-state index >= 15 is 0 Å². The minimum Gasteiger partial charge on any atom is -0.274 e. The molecule has 2 aromatic heterocycles. The van der Waals surface area contributed by atoms with Gasteiger partial charge in [0.1, 0.15) is 5.52 Å². The Morgan fingerprint density at radius 3 is 1.96 bits per heavy atom. The summed E-state index contributed by atoms with van der Waals surface area (Å²) in [5.74, 6) is -4.63. The van der Waals surface area contributed by atoms with Crippen molar-refractivity contribution in [1.82, 2.24) is 24.6 Å². The molecule has 0 saturated carbocycles. The van der Waals surface area contributed by atoms with Gasteiger partial charge in [0.15, 0.2) is 5.65 Å². The number of hydrogen-bond donors (Lipinski definition) is 0. The number of fused-ring (bicyclic) bond motifs is 1. The van der Waals surface area contributed by atoms with Gasteiger partial charge in [0.05, 0.1) is 0 Å². The van der Waals surface area contributed by atoms with Crippen molar-refractivity contribution in [3.05, 3.63) is 24.2 Å². The second kappa shape index (κ2) is 6.59. The van der Waals surface area contributed by atoms with Crippen molar-refractivity contribution in [3.8, 4) is 0 Å². The minimum absolute atomic E-state index is 0.124. The average Bonchev–Trinajstić information content (AvgIpc) is 2.90. The molecule has 130 valence electrons. The molecule has 10 nitrogen and oxygen atoms in total. The summed E-state index contributed by atoms with van der Waals surface area (Å²) in [6.45, 7) is 4.26. The lowest BCUT2D eigenvalue weighted by molar-refractivity contribution is -0.165. The number of amides is 4. The van der Waals surface area contributed by atoms with Crippen LogP contribution in [0.3, 0.4) is 0 Å². The van der Waals surface area contributed by atoms with Gasteiger partial charge >= 0.3 is 5.91 Å². The minimum atomic E-state index is -1.09. The molecule has 0 aliphatic carbocycles. The molecule has 4 amide bonds. The number of nitrogens with zero attached hydrogens (tertiary/aromatic N) is 5. The number of imidazole rings is 1. The summed E-state index contributed by atoms with van der Waals surface area (Å²) in [7, 11) is 0. The van der Waals surface area contributed by atoms with E-state index in [0.29, 0.717) is 10.0 Å². The monoisotopic (exact) mass is 345 g/mol. The highest BCUT2D eigenvalue weighted by Crippen LogP contribution is 2.16. The standard InChI is InChI=1S/C15H15N5O5/c1-8(21)18-13-12(6-5-7-16-13)17-14(18)15(25)20(11(4)24)19(9(2)22)10(3)23/h5-7H,1-4H3. The predicted octanol–water partition coefficient (Wildman–Crippen LogP) is 0.390. The molecule has 0 aliphatic heterocycles. The van der Waals surface area contributed by atoms with Crippen LogP contribution < -0.4 is 0 Å². The zero-order chi connectivity index (χ0) is 18.9. The summed E-state index contributed by atoms with van der Waals surface area (Å²) >= 11 is 0. The second-order valence-electron chi connectivity index (χ2n) is 5.12. The first kappa shape index (κ1) is 17.9. The first-order valence-corrected chi connectivity index (χ1v) is 7.17. The van der Waals surface area contributed by atoms with Crippen molar-refractivity contribution in [1.29, 1.82) is 0 Å². The van der Waals surface area contributed by atoms with E-state index < -0.39 is 35.4 Å². The molecule has 10 heteroatoms. The van der Waals surface area contributed by atoms with Crippen LogP contribution in [0.25, 0.3) is 11.2 Å². The lowest BCUT2D eigenvalue weighted by Gasteiger charge is -2.28. The molecule has 25 heavy (non-hydrogen) atoms. The SMILES string of the molecule is CC(=O)N(C(C)=O)N(C(C)=O)C(=O)c1nc2cccnc2n1C(C)=O. The summed E-state index contributed by atoms with van der Waals surface area (Å²) in [5, 5.41) is 0.743. The van der Waals surface area contributed by atoms with Crippen LogP contribution >= 0.6 is 0 Å². The number of hydrazine groups is 1. The number of pyridine rings is 1. The highest BCUT2D eigenvalue weighted by Gasteiger charge is 2.35. The molecule has 0 N–H and O–H groups in total. The zero-order valence-corrected chi connectivity index (χ0v) is 14.0. The Kier molecular flexibility index (Phi) is 4.72. The molecule has 0 bridgehead atoms. The van der Waals surface area contributed by atoms with Crippen LogP contribution in [0, 0.1) is 0 Å². The first-order valence-electron chi connectivity index (χ1n) is 7.17. The van der Waals surface area contributed by atoms with E-state index in [1.54, 1.807) is 6.07 Å². The Balaban J connectivity index is 2.68. The lowest BCUT2D eigenvalue weighted by atomic mass is 10.4. The van der Waals surface area contributed by atoms with Crippen molar-refractivity contribution in [2.24, 2.45) is 0 Å². The highest BCUT2D eigenvalue weighted by molar-refractivity contribution is 6.09. The van der Waals surface area contributed by atoms with Gasteiger partial charge in [-0.3, -0.25) is 24.0 Å². The van der Waals surface area contributed by atoms with Crippen LogP contribution in [0.2, 0.25) is 0 Å². The van der Waals surface area contributed by atoms with Gasteiger partial charge in [-0.2, -0.15) is 10.0 Å². The molecule has 2 aromatic rings. The summed E-state index contributed by atoms with van der Waals surface area (Å²) in [5.41, 5.74) is 0.376. The van der Waals surface area contributed by atoms with Gasteiger partial charge in [-0.25, -0.2) is 14.5 Å². The quantitative estimate of drug-likeness (QED) is 0.685. The maximum atomic E-state index is 12.8. The third-order valence-corrected chi connectivity index (χ3v) is 3.21. The summed E-state index contributed by atoms with van der Waals surface area (Å²) in [4.78, 5) is 68.2. The molecule has 0 saturated heterocycles. The molecule has 2 rings (SSSR count). The van der Waals surface area contributed by atoms with E-state index in [4.69, 9.17) is 0 Å². The van der Waals surface area contributed by atoms with E-state index in [-0.39, 0.29) is 11.2 Å². The van der Waals surface area contributed by atoms with Crippen LogP contribution in [0.1, 0.15) is 43.1 Å². The van der Waals surface area contributed by atoms with E-state index in [1.807, 2.05) is 0 Å². The largest absolute Gasteiger partial charge is 0.316 e. The van der Waals surface area contributed by atoms with Crippen molar-refractivity contribution in [3.63, 3.8) is 0 Å². The zero-order valence-electron chi connectivity index (χ0n) is 14.0. The van der Waals surface area contributed by atoms with Crippen LogP contribution in [0.5, 0.6) is 0 Å². The topological polar surface area (TPSA) is 123 Å². The molecule has 0 atom stereocenters. The molecule has 0 radical (unpaired) electrons. The number of aromatic nitrogens is 3. The Morgan fingerprint density at radius 1 is 0.920 bits per heavy atom. The van der Waals surface area contributed by atoms with Crippen LogP contribution in [-0.2, 0) is 14.4 Å². The molecule has 0 unspecified atom stereocenters. The number of carbonyl (C=O) groups is 5. The molecule has 0 fully saturated rings. The van der Waals surface area contributed by atoms with E-state index in [0.717, 1.165) is 25.3 Å². The fourth-order valence-electron chi connectivity index (χ4n) is 2.33. The van der Waals surface area contributed by atoms with Gasteiger partial charge in [-0.05, 0) is 12.1 Å². The summed E-state index contributed by atoms with van der Waals surface area (Å²) in [6.07, 6.45) is 1.41. The summed E-state index contributed by atoms with van der Waals surface area (Å²) in [6, 6.07) is 3.10. The van der Waals surface area contributed by atoms with Crippen LogP contribution in [-0.4, -0.2) is 54.1 Å². The normalized spacial score (nSPS) is 10.4. The predicted molar refractivity (Wildman–Crippen MR) is 83.9 cm³/mol. The Bertz CT molecular complexity index is 902. The molecular weight excluding hydrogens is 330 g/mol. The lowest BCUT2D eigenvalue weighted by Crippen LogP contribution is -2.54. The fourth-order valence-corrected chi connectivity index (χ4v) is 2.33. The molecule has 0 aliphatic rings. The Hall–Kier alpha value is -3.43. The molecule has 2 heterocycles. The van der Waals surface area contributed by atoms with Crippen molar-refractivity contribution >= 4 is 40.7 Å². The average molecular weight is 345 g/mol. The van der Waals surface area contributed by atoms with Gasteiger partial charge in [0.2, 0.25) is 29.5 Å². The third-order valence-electron chi connectivity index (χ3n) is 3.21. The van der Waals surface area contributed by atoms with Crippen molar-refractivity contribution < 1.29 is 24.0 Å². The van der Waals surface area contributed by atoms with Gasteiger partial charge < -0.3 is 0 Å². The molecule has 0 aromatic carbocycles. The van der Waals surface area contributed by atoms with Crippen molar-refractivity contribution in [2.75, 3.05) is 0 Å². The number of hydrogen-bond acceptors (Lipinski definition) is 7. The number of rotatable bonds is 1. The van der Waals surface area contributed by atoms with E-state index in [2.05, 4.69) is 9.97 Å².